The molecule has 0 fully saturated rings. The van der Waals surface area contributed by atoms with Crippen LogP contribution in [0.1, 0.15) is 65.6 Å². The minimum Gasteiger partial charge on any atom is -0.493 e. The van der Waals surface area contributed by atoms with Gasteiger partial charge in [0.1, 0.15) is 23.7 Å². The fourth-order valence-corrected chi connectivity index (χ4v) is 4.16. The first-order valence-corrected chi connectivity index (χ1v) is 14.3. The maximum absolute atomic E-state index is 11.2. The summed E-state index contributed by atoms with van der Waals surface area (Å²) < 4.78 is 13.8. The molecule has 222 valence electrons. The Bertz CT molecular complexity index is 1180. The van der Waals surface area contributed by atoms with E-state index in [-0.39, 0.29) is 6.04 Å². The number of anilines is 1. The Morgan fingerprint density at radius 3 is 2.50 bits per heavy atom. The van der Waals surface area contributed by atoms with E-state index >= 15 is 0 Å². The number of carbonyl (C=O) groups is 2. The maximum atomic E-state index is 11.2. The molecule has 0 aliphatic rings. The highest BCUT2D eigenvalue weighted by molar-refractivity contribution is 6.06. The number of imidazole rings is 1. The third-order valence-corrected chi connectivity index (χ3v) is 6.23. The van der Waals surface area contributed by atoms with Crippen LogP contribution in [0.2, 0.25) is 0 Å². The van der Waals surface area contributed by atoms with Crippen molar-refractivity contribution in [1.29, 1.82) is 0 Å². The Kier molecular flexibility index (Phi) is 14.8. The van der Waals surface area contributed by atoms with E-state index in [1.54, 1.807) is 4.90 Å². The molecular weight excluding hydrogens is 510 g/mol. The number of fused-ring (bicyclic) bond motifs is 3. The van der Waals surface area contributed by atoms with Gasteiger partial charge in [-0.1, -0.05) is 13.3 Å². The molecule has 2 aromatic heterocycles. The molecule has 0 aliphatic heterocycles. The van der Waals surface area contributed by atoms with Crippen molar-refractivity contribution in [2.24, 2.45) is 5.73 Å². The summed E-state index contributed by atoms with van der Waals surface area (Å²) in [6.45, 7) is 12.4. The molecule has 0 unspecified atom stereocenters. The smallest absolute Gasteiger partial charge is 0.209 e. The largest absolute Gasteiger partial charge is 0.493 e. The summed E-state index contributed by atoms with van der Waals surface area (Å²) in [5, 5.41) is 3.51. The summed E-state index contributed by atoms with van der Waals surface area (Å²) in [4.78, 5) is 31.9. The summed E-state index contributed by atoms with van der Waals surface area (Å²) in [7, 11) is 0. The van der Waals surface area contributed by atoms with E-state index in [2.05, 4.69) is 21.8 Å². The lowest BCUT2D eigenvalue weighted by Crippen LogP contribution is -2.25. The fraction of sp³-hybridized carbons (Fsp3) is 0.586. The fourth-order valence-electron chi connectivity index (χ4n) is 4.16. The average molecular weight is 558 g/mol. The van der Waals surface area contributed by atoms with E-state index in [4.69, 9.17) is 25.9 Å². The number of pyridine rings is 1. The van der Waals surface area contributed by atoms with Crippen molar-refractivity contribution in [2.45, 2.75) is 79.0 Å². The van der Waals surface area contributed by atoms with Gasteiger partial charge in [0.15, 0.2) is 5.82 Å². The van der Waals surface area contributed by atoms with Crippen LogP contribution in [-0.4, -0.2) is 71.1 Å². The standard InChI is InChI=1S/C25H38N6O3.C4H9NO/c1-3-5-12-30(18-32)13-8-15-34-19-9-10-20-21(16-19)28-25(27)23-24(20)31(14-7-6-11-26)22(29-23)17-33-4-2;1-4(2)5-3-6/h9-10,16,18H,3-8,11-15,17,26H2,1-2H3,(H2,27,28);3-4H,1-2H3,(H,5,6). The molecule has 11 heteroatoms. The zero-order valence-corrected chi connectivity index (χ0v) is 24.5. The van der Waals surface area contributed by atoms with Crippen molar-refractivity contribution in [3.8, 4) is 5.75 Å². The molecule has 5 N–H and O–H groups in total. The van der Waals surface area contributed by atoms with Gasteiger partial charge in [-0.3, -0.25) is 9.59 Å². The number of hydrogen-bond acceptors (Lipinski definition) is 8. The lowest BCUT2D eigenvalue weighted by molar-refractivity contribution is -0.118. The van der Waals surface area contributed by atoms with Crippen molar-refractivity contribution in [1.82, 2.24) is 24.8 Å². The number of amides is 2. The van der Waals surface area contributed by atoms with E-state index in [1.165, 1.54) is 0 Å². The number of nitrogens with zero attached hydrogens (tertiary/aromatic N) is 4. The first kappa shape index (κ1) is 32.8. The molecule has 2 heterocycles. The zero-order chi connectivity index (χ0) is 29.3. The van der Waals surface area contributed by atoms with Gasteiger partial charge >= 0.3 is 0 Å². The maximum Gasteiger partial charge on any atom is 0.209 e. The quantitative estimate of drug-likeness (QED) is 0.159. The third kappa shape index (κ3) is 9.95. The van der Waals surface area contributed by atoms with Gasteiger partial charge in [0.05, 0.1) is 17.6 Å². The number of nitrogen functional groups attached to an aromatic ring is 1. The monoisotopic (exact) mass is 557 g/mol. The normalized spacial score (nSPS) is 10.9. The highest BCUT2D eigenvalue weighted by Gasteiger charge is 2.18. The first-order chi connectivity index (χ1) is 19.4. The minimum atomic E-state index is 0.280. The van der Waals surface area contributed by atoms with Gasteiger partial charge in [0.25, 0.3) is 0 Å². The SMILES string of the molecule is CC(C)NC=O.CCCCN(C=O)CCCOc1ccc2c(c1)nc(N)c1nc(COCC)n(CCCCN)c12. The van der Waals surface area contributed by atoms with Crippen LogP contribution < -0.4 is 21.5 Å². The molecule has 2 amide bonds. The zero-order valence-electron chi connectivity index (χ0n) is 24.5. The van der Waals surface area contributed by atoms with Crippen LogP contribution in [-0.2, 0) is 27.5 Å². The van der Waals surface area contributed by atoms with Gasteiger partial charge in [-0.25, -0.2) is 9.97 Å². The Hall–Kier alpha value is -3.44. The second-order valence-corrected chi connectivity index (χ2v) is 9.82. The topological polar surface area (TPSA) is 151 Å². The van der Waals surface area contributed by atoms with Crippen molar-refractivity contribution in [2.75, 3.05) is 38.6 Å². The van der Waals surface area contributed by atoms with Gasteiger partial charge in [-0.05, 0) is 65.1 Å². The molecule has 0 bridgehead atoms. The van der Waals surface area contributed by atoms with Crippen LogP contribution in [0.15, 0.2) is 18.2 Å². The molecule has 40 heavy (non-hydrogen) atoms. The number of nitrogens with one attached hydrogen (secondary N) is 1. The van der Waals surface area contributed by atoms with Gasteiger partial charge in [-0.2, -0.15) is 0 Å². The predicted octanol–water partition coefficient (Wildman–Crippen LogP) is 3.61. The molecule has 0 radical (unpaired) electrons. The second-order valence-electron chi connectivity index (χ2n) is 9.82. The highest BCUT2D eigenvalue weighted by atomic mass is 16.5. The number of ether oxygens (including phenoxy) is 2. The minimum absolute atomic E-state index is 0.280. The summed E-state index contributed by atoms with van der Waals surface area (Å²) in [6, 6.07) is 6.17. The molecule has 0 spiro atoms. The van der Waals surface area contributed by atoms with Crippen LogP contribution in [0.5, 0.6) is 5.75 Å². The molecular formula is C29H47N7O4. The molecule has 11 nitrogen and oxygen atoms in total. The van der Waals surface area contributed by atoms with Crippen LogP contribution in [0.25, 0.3) is 21.9 Å². The number of aryl methyl sites for hydroxylation is 1. The number of rotatable bonds is 18. The summed E-state index contributed by atoms with van der Waals surface area (Å²) in [5.74, 6) is 1.97. The van der Waals surface area contributed by atoms with Crippen molar-refractivity contribution < 1.29 is 19.1 Å². The summed E-state index contributed by atoms with van der Waals surface area (Å²) in [5.41, 5.74) is 14.5. The Balaban J connectivity index is 0.000000840. The van der Waals surface area contributed by atoms with Gasteiger partial charge in [-0.15, -0.1) is 0 Å². The summed E-state index contributed by atoms with van der Waals surface area (Å²) >= 11 is 0. The molecule has 0 atom stereocenters. The highest BCUT2D eigenvalue weighted by Crippen LogP contribution is 2.31. The average Bonchev–Trinajstić information content (AvgIpc) is 3.31. The lowest BCUT2D eigenvalue weighted by Gasteiger charge is -2.17. The Labute approximate surface area is 237 Å². The number of hydrogen-bond donors (Lipinski definition) is 3. The molecule has 3 rings (SSSR count). The van der Waals surface area contributed by atoms with Crippen LogP contribution in [0, 0.1) is 0 Å². The summed E-state index contributed by atoms with van der Waals surface area (Å²) in [6.07, 6.45) is 6.35. The van der Waals surface area contributed by atoms with Gasteiger partial charge < -0.3 is 35.7 Å². The van der Waals surface area contributed by atoms with Crippen molar-refractivity contribution >= 4 is 40.6 Å². The van der Waals surface area contributed by atoms with E-state index < -0.39 is 0 Å². The van der Waals surface area contributed by atoms with E-state index in [0.29, 0.717) is 50.7 Å². The molecule has 0 saturated heterocycles. The number of benzene rings is 1. The van der Waals surface area contributed by atoms with Gasteiger partial charge in [0, 0.05) is 43.7 Å². The van der Waals surface area contributed by atoms with E-state index in [0.717, 1.165) is 79.6 Å². The van der Waals surface area contributed by atoms with E-state index in [1.807, 2.05) is 39.0 Å². The number of nitrogens with two attached hydrogens (primary N) is 2. The Morgan fingerprint density at radius 2 is 1.88 bits per heavy atom. The molecule has 0 saturated carbocycles. The Morgan fingerprint density at radius 1 is 1.10 bits per heavy atom. The van der Waals surface area contributed by atoms with Crippen LogP contribution >= 0.6 is 0 Å². The number of unbranched alkanes of at least 4 members (excludes halogenated alkanes) is 2. The molecule has 1 aromatic carbocycles. The van der Waals surface area contributed by atoms with Crippen LogP contribution in [0.3, 0.4) is 0 Å². The number of carbonyl (C=O) groups excluding carboxylic acids is 2. The third-order valence-electron chi connectivity index (χ3n) is 6.23. The van der Waals surface area contributed by atoms with E-state index in [9.17, 15) is 9.59 Å². The van der Waals surface area contributed by atoms with Crippen molar-refractivity contribution in [3.63, 3.8) is 0 Å². The predicted molar refractivity (Wildman–Crippen MR) is 160 cm³/mol. The van der Waals surface area contributed by atoms with Crippen molar-refractivity contribution in [3.05, 3.63) is 24.0 Å². The lowest BCUT2D eigenvalue weighted by atomic mass is 10.1. The molecule has 0 aliphatic carbocycles. The molecule has 3 aromatic rings. The number of aromatic nitrogens is 3. The second kappa shape index (κ2) is 18.0. The van der Waals surface area contributed by atoms with Gasteiger partial charge in [0.2, 0.25) is 12.8 Å². The van der Waals surface area contributed by atoms with Crippen LogP contribution in [0.4, 0.5) is 5.82 Å². The first-order valence-electron chi connectivity index (χ1n) is 14.3.